The van der Waals surface area contributed by atoms with E-state index in [1.165, 1.54) is 0 Å². The Morgan fingerprint density at radius 1 is 1.50 bits per heavy atom. The van der Waals surface area contributed by atoms with Crippen LogP contribution in [0.3, 0.4) is 0 Å². The molecule has 0 aliphatic rings. The standard InChI is InChI=1S/C12H13N5S/c1-9(10-4-3-7-14-8-10)18-12-16-15-11(5-6-13)17(12)2/h3-4,7-9H,5H2,1-2H3. The molecule has 0 aromatic carbocycles. The first kappa shape index (κ1) is 12.6. The van der Waals surface area contributed by atoms with E-state index in [0.29, 0.717) is 5.82 Å². The fourth-order valence-corrected chi connectivity index (χ4v) is 2.46. The van der Waals surface area contributed by atoms with E-state index in [4.69, 9.17) is 5.26 Å². The highest BCUT2D eigenvalue weighted by Gasteiger charge is 2.14. The molecule has 0 aliphatic heterocycles. The van der Waals surface area contributed by atoms with Crippen molar-refractivity contribution >= 4 is 11.8 Å². The molecule has 5 nitrogen and oxygen atoms in total. The lowest BCUT2D eigenvalue weighted by molar-refractivity contribution is 0.751. The summed E-state index contributed by atoms with van der Waals surface area (Å²) < 4.78 is 1.86. The number of hydrogen-bond acceptors (Lipinski definition) is 5. The Balaban J connectivity index is 2.13. The molecule has 18 heavy (non-hydrogen) atoms. The third-order valence-corrected chi connectivity index (χ3v) is 3.79. The molecule has 2 heterocycles. The summed E-state index contributed by atoms with van der Waals surface area (Å²) in [6.07, 6.45) is 3.89. The van der Waals surface area contributed by atoms with E-state index in [0.717, 1.165) is 10.7 Å². The maximum atomic E-state index is 8.67. The number of nitrogens with zero attached hydrogens (tertiary/aromatic N) is 5. The molecule has 2 rings (SSSR count). The third kappa shape index (κ3) is 2.68. The van der Waals surface area contributed by atoms with Crippen molar-refractivity contribution in [3.05, 3.63) is 35.9 Å². The highest BCUT2D eigenvalue weighted by Crippen LogP contribution is 2.32. The van der Waals surface area contributed by atoms with Crippen LogP contribution in [0.1, 0.15) is 23.6 Å². The van der Waals surface area contributed by atoms with Gasteiger partial charge in [0.1, 0.15) is 5.82 Å². The molecule has 0 N–H and O–H groups in total. The lowest BCUT2D eigenvalue weighted by Gasteiger charge is -2.10. The Bertz CT molecular complexity index is 558. The zero-order valence-electron chi connectivity index (χ0n) is 10.2. The number of hydrogen-bond donors (Lipinski definition) is 0. The molecular weight excluding hydrogens is 246 g/mol. The molecule has 1 unspecified atom stereocenters. The van der Waals surface area contributed by atoms with Crippen LogP contribution in [0.2, 0.25) is 0 Å². The summed E-state index contributed by atoms with van der Waals surface area (Å²) in [4.78, 5) is 4.11. The Hall–Kier alpha value is -1.87. The van der Waals surface area contributed by atoms with Crippen LogP contribution >= 0.6 is 11.8 Å². The van der Waals surface area contributed by atoms with Crippen molar-refractivity contribution in [1.29, 1.82) is 5.26 Å². The van der Waals surface area contributed by atoms with Crippen LogP contribution < -0.4 is 0 Å². The minimum atomic E-state index is 0.247. The molecule has 1 atom stereocenters. The van der Waals surface area contributed by atoms with Gasteiger partial charge >= 0.3 is 0 Å². The van der Waals surface area contributed by atoms with Gasteiger partial charge < -0.3 is 4.57 Å². The van der Waals surface area contributed by atoms with Gasteiger partial charge in [-0.3, -0.25) is 4.98 Å². The van der Waals surface area contributed by atoms with E-state index < -0.39 is 0 Å². The van der Waals surface area contributed by atoms with E-state index in [9.17, 15) is 0 Å². The number of nitriles is 1. The van der Waals surface area contributed by atoms with Gasteiger partial charge in [0, 0.05) is 24.7 Å². The summed E-state index contributed by atoms with van der Waals surface area (Å²) in [6.45, 7) is 2.10. The fraction of sp³-hybridized carbons (Fsp3) is 0.333. The number of pyridine rings is 1. The minimum Gasteiger partial charge on any atom is -0.308 e. The zero-order chi connectivity index (χ0) is 13.0. The van der Waals surface area contributed by atoms with Gasteiger partial charge in [-0.05, 0) is 18.6 Å². The maximum Gasteiger partial charge on any atom is 0.191 e. The lowest BCUT2D eigenvalue weighted by atomic mass is 10.2. The van der Waals surface area contributed by atoms with Crippen molar-refractivity contribution in [3.8, 4) is 6.07 Å². The zero-order valence-corrected chi connectivity index (χ0v) is 11.1. The average Bonchev–Trinajstić information content (AvgIpc) is 2.73. The first-order chi connectivity index (χ1) is 8.72. The molecule has 2 aromatic heterocycles. The second-order valence-corrected chi connectivity index (χ2v) is 5.15. The number of aromatic nitrogens is 4. The molecule has 0 aliphatic carbocycles. The summed E-state index contributed by atoms with van der Waals surface area (Å²) in [7, 11) is 1.88. The number of rotatable bonds is 4. The largest absolute Gasteiger partial charge is 0.308 e. The molecule has 0 radical (unpaired) electrons. The van der Waals surface area contributed by atoms with Gasteiger partial charge in [0.25, 0.3) is 0 Å². The quantitative estimate of drug-likeness (QED) is 0.787. The molecule has 6 heteroatoms. The van der Waals surface area contributed by atoms with E-state index in [1.807, 2.05) is 29.9 Å². The van der Waals surface area contributed by atoms with Crippen LogP contribution in [0.4, 0.5) is 0 Å². The SMILES string of the molecule is CC(Sc1nnc(CC#N)n1C)c1cccnc1. The molecule has 2 aromatic rings. The molecule has 0 spiro atoms. The highest BCUT2D eigenvalue weighted by molar-refractivity contribution is 7.99. The van der Waals surface area contributed by atoms with Gasteiger partial charge in [0.2, 0.25) is 0 Å². The van der Waals surface area contributed by atoms with Crippen LogP contribution in [-0.2, 0) is 13.5 Å². The van der Waals surface area contributed by atoms with Gasteiger partial charge in [-0.25, -0.2) is 0 Å². The van der Waals surface area contributed by atoms with Gasteiger partial charge in [-0.1, -0.05) is 17.8 Å². The Kier molecular flexibility index (Phi) is 3.95. The van der Waals surface area contributed by atoms with Gasteiger partial charge in [0.15, 0.2) is 5.16 Å². The van der Waals surface area contributed by atoms with Crippen LogP contribution in [-0.4, -0.2) is 19.7 Å². The van der Waals surface area contributed by atoms with E-state index in [2.05, 4.69) is 28.2 Å². The monoisotopic (exact) mass is 259 g/mol. The van der Waals surface area contributed by atoms with E-state index in [1.54, 1.807) is 18.0 Å². The van der Waals surface area contributed by atoms with Crippen molar-refractivity contribution in [1.82, 2.24) is 19.7 Å². The first-order valence-corrected chi connectivity index (χ1v) is 6.42. The second kappa shape index (κ2) is 5.65. The molecule has 0 bridgehead atoms. The Morgan fingerprint density at radius 3 is 3.00 bits per heavy atom. The summed E-state index contributed by atoms with van der Waals surface area (Å²) in [5.74, 6) is 0.693. The fourth-order valence-electron chi connectivity index (χ4n) is 1.51. The smallest absolute Gasteiger partial charge is 0.191 e. The topological polar surface area (TPSA) is 67.4 Å². The lowest BCUT2D eigenvalue weighted by Crippen LogP contribution is -1.99. The van der Waals surface area contributed by atoms with Crippen molar-refractivity contribution in [2.75, 3.05) is 0 Å². The summed E-state index contributed by atoms with van der Waals surface area (Å²) in [5.41, 5.74) is 1.15. The van der Waals surface area contributed by atoms with Gasteiger partial charge in [0.05, 0.1) is 12.5 Å². The van der Waals surface area contributed by atoms with Gasteiger partial charge in [-0.2, -0.15) is 5.26 Å². The normalized spacial score (nSPS) is 12.1. The Morgan fingerprint density at radius 2 is 2.33 bits per heavy atom. The molecule has 0 saturated heterocycles. The van der Waals surface area contributed by atoms with Crippen molar-refractivity contribution in [3.63, 3.8) is 0 Å². The predicted molar refractivity (Wildman–Crippen MR) is 68.8 cm³/mol. The Labute approximate surface area is 110 Å². The molecule has 92 valence electrons. The summed E-state index contributed by atoms with van der Waals surface area (Å²) >= 11 is 1.61. The average molecular weight is 259 g/mol. The first-order valence-electron chi connectivity index (χ1n) is 5.54. The highest BCUT2D eigenvalue weighted by atomic mass is 32.2. The summed E-state index contributed by atoms with van der Waals surface area (Å²) in [5, 5.41) is 17.8. The van der Waals surface area contributed by atoms with Gasteiger partial charge in [-0.15, -0.1) is 10.2 Å². The van der Waals surface area contributed by atoms with Crippen LogP contribution in [0.25, 0.3) is 0 Å². The van der Waals surface area contributed by atoms with Crippen molar-refractivity contribution < 1.29 is 0 Å². The second-order valence-electron chi connectivity index (χ2n) is 3.84. The van der Waals surface area contributed by atoms with Crippen LogP contribution in [0.5, 0.6) is 0 Å². The number of thioether (sulfide) groups is 1. The van der Waals surface area contributed by atoms with Crippen molar-refractivity contribution in [2.24, 2.45) is 7.05 Å². The summed E-state index contributed by atoms with van der Waals surface area (Å²) in [6, 6.07) is 6.04. The van der Waals surface area contributed by atoms with Crippen LogP contribution in [0.15, 0.2) is 29.7 Å². The molecule has 0 amide bonds. The van der Waals surface area contributed by atoms with E-state index in [-0.39, 0.29) is 11.7 Å². The van der Waals surface area contributed by atoms with Crippen LogP contribution in [0, 0.1) is 11.3 Å². The van der Waals surface area contributed by atoms with E-state index >= 15 is 0 Å². The molecule has 0 saturated carbocycles. The molecule has 0 fully saturated rings. The third-order valence-electron chi connectivity index (χ3n) is 2.60. The molecular formula is C12H13N5S. The van der Waals surface area contributed by atoms with Crippen molar-refractivity contribution in [2.45, 2.75) is 23.8 Å². The maximum absolute atomic E-state index is 8.67. The minimum absolute atomic E-state index is 0.247. The predicted octanol–water partition coefficient (Wildman–Crippen LogP) is 2.13.